The third kappa shape index (κ3) is 7.24. The van der Waals surface area contributed by atoms with E-state index in [0.717, 1.165) is 17.7 Å². The maximum atomic E-state index is 13.3. The third-order valence-corrected chi connectivity index (χ3v) is 4.40. The van der Waals surface area contributed by atoms with Crippen molar-refractivity contribution in [3.63, 3.8) is 0 Å². The summed E-state index contributed by atoms with van der Waals surface area (Å²) in [5.41, 5.74) is 7.24. The Morgan fingerprint density at radius 3 is 2.38 bits per heavy atom. The predicted molar refractivity (Wildman–Crippen MR) is 107 cm³/mol. The number of carbonyl (C=O) groups excluding carboxylic acids is 2. The van der Waals surface area contributed by atoms with Crippen LogP contribution in [0.2, 0.25) is 0 Å². The van der Waals surface area contributed by atoms with E-state index in [1.165, 1.54) is 6.07 Å². The number of hydrogen-bond donors (Lipinski definition) is 4. The Kier molecular flexibility index (Phi) is 8.69. The van der Waals surface area contributed by atoms with E-state index < -0.39 is 29.6 Å². The van der Waals surface area contributed by atoms with Gasteiger partial charge in [-0.05, 0) is 49.7 Å². The maximum Gasteiger partial charge on any atom is 0.242 e. The van der Waals surface area contributed by atoms with Crippen molar-refractivity contribution >= 4 is 11.8 Å². The lowest BCUT2D eigenvalue weighted by molar-refractivity contribution is -0.129. The molecule has 2 aromatic carbocycles. The van der Waals surface area contributed by atoms with Gasteiger partial charge >= 0.3 is 0 Å². The van der Waals surface area contributed by atoms with Gasteiger partial charge in [-0.15, -0.1) is 0 Å². The Balaban J connectivity index is 1.94. The molecule has 2 rings (SSSR count). The van der Waals surface area contributed by atoms with Crippen LogP contribution in [0.1, 0.15) is 17.5 Å². The van der Waals surface area contributed by atoms with Gasteiger partial charge < -0.3 is 21.7 Å². The molecular weight excluding hydrogens is 378 g/mol. The second-order valence-electron chi connectivity index (χ2n) is 6.72. The Morgan fingerprint density at radius 2 is 1.72 bits per heavy atom. The fourth-order valence-corrected chi connectivity index (χ4v) is 2.76. The number of hydrogen-bond acceptors (Lipinski definition) is 4. The molecule has 5 N–H and O–H groups in total. The van der Waals surface area contributed by atoms with Gasteiger partial charge in [0, 0.05) is 6.54 Å². The molecule has 0 aliphatic rings. The molecular formula is C21H26F2N4O2. The topological polar surface area (TPSA) is 96.2 Å². The van der Waals surface area contributed by atoms with E-state index >= 15 is 0 Å². The fourth-order valence-electron chi connectivity index (χ4n) is 2.76. The number of halogens is 2. The van der Waals surface area contributed by atoms with Gasteiger partial charge in [0.1, 0.15) is 6.04 Å². The summed E-state index contributed by atoms with van der Waals surface area (Å²) in [4.78, 5) is 25.0. The van der Waals surface area contributed by atoms with E-state index in [-0.39, 0.29) is 12.3 Å². The molecule has 0 unspecified atom stereocenters. The molecule has 0 saturated carbocycles. The zero-order chi connectivity index (χ0) is 21.2. The van der Waals surface area contributed by atoms with Gasteiger partial charge in [-0.3, -0.25) is 9.59 Å². The predicted octanol–water partition coefficient (Wildman–Crippen LogP) is 1.25. The lowest BCUT2D eigenvalue weighted by atomic mass is 10.0. The van der Waals surface area contributed by atoms with Crippen LogP contribution in [0, 0.1) is 11.6 Å². The molecule has 2 amide bonds. The monoisotopic (exact) mass is 404 g/mol. The molecule has 0 radical (unpaired) electrons. The van der Waals surface area contributed by atoms with Crippen LogP contribution in [0.5, 0.6) is 0 Å². The van der Waals surface area contributed by atoms with E-state index in [4.69, 9.17) is 5.73 Å². The van der Waals surface area contributed by atoms with Gasteiger partial charge in [0.15, 0.2) is 11.6 Å². The molecule has 0 aliphatic carbocycles. The standard InChI is InChI=1S/C21H26F2N4O2/c1-25-10-9-19(21(29)26-13-14-5-3-2-4-6-14)27-20(28)18(24)12-15-7-8-16(22)17(23)11-15/h2-8,11,18-19,25H,9-10,12-13,24H2,1H3,(H,26,29)(H,27,28)/t18-,19-/m0/s1. The van der Waals surface area contributed by atoms with Gasteiger partial charge in [0.25, 0.3) is 0 Å². The molecule has 0 saturated heterocycles. The van der Waals surface area contributed by atoms with Crippen LogP contribution in [0.3, 0.4) is 0 Å². The van der Waals surface area contributed by atoms with Crippen LogP contribution in [-0.4, -0.2) is 37.5 Å². The second kappa shape index (κ2) is 11.2. The Morgan fingerprint density at radius 1 is 1.00 bits per heavy atom. The smallest absolute Gasteiger partial charge is 0.242 e. The van der Waals surface area contributed by atoms with Crippen molar-refractivity contribution in [3.8, 4) is 0 Å². The summed E-state index contributed by atoms with van der Waals surface area (Å²) >= 11 is 0. The summed E-state index contributed by atoms with van der Waals surface area (Å²) in [6, 6.07) is 11.0. The number of amides is 2. The highest BCUT2D eigenvalue weighted by atomic mass is 19.2. The largest absolute Gasteiger partial charge is 0.350 e. The summed E-state index contributed by atoms with van der Waals surface area (Å²) in [5.74, 6) is -2.82. The zero-order valence-electron chi connectivity index (χ0n) is 16.3. The van der Waals surface area contributed by atoms with Crippen molar-refractivity contribution in [1.29, 1.82) is 0 Å². The normalized spacial score (nSPS) is 12.8. The van der Waals surface area contributed by atoms with Gasteiger partial charge in [-0.25, -0.2) is 8.78 Å². The number of benzene rings is 2. The number of rotatable bonds is 10. The Labute approximate surface area is 168 Å². The summed E-state index contributed by atoms with van der Waals surface area (Å²) in [6.07, 6.45) is 0.397. The highest BCUT2D eigenvalue weighted by Gasteiger charge is 2.23. The molecule has 0 heterocycles. The van der Waals surface area contributed by atoms with E-state index in [1.807, 2.05) is 30.3 Å². The van der Waals surface area contributed by atoms with Crippen molar-refractivity contribution in [2.24, 2.45) is 5.73 Å². The minimum Gasteiger partial charge on any atom is -0.350 e. The molecule has 0 spiro atoms. The van der Waals surface area contributed by atoms with E-state index in [2.05, 4.69) is 16.0 Å². The molecule has 156 valence electrons. The molecule has 29 heavy (non-hydrogen) atoms. The van der Waals surface area contributed by atoms with Gasteiger partial charge in [-0.1, -0.05) is 36.4 Å². The van der Waals surface area contributed by atoms with Gasteiger partial charge in [0.2, 0.25) is 11.8 Å². The lowest BCUT2D eigenvalue weighted by Crippen LogP contribution is -2.52. The first kappa shape index (κ1) is 22.4. The van der Waals surface area contributed by atoms with Crippen LogP contribution in [0.15, 0.2) is 48.5 Å². The van der Waals surface area contributed by atoms with Crippen molar-refractivity contribution in [1.82, 2.24) is 16.0 Å². The van der Waals surface area contributed by atoms with Crippen molar-refractivity contribution < 1.29 is 18.4 Å². The van der Waals surface area contributed by atoms with E-state index in [9.17, 15) is 18.4 Å². The molecule has 0 aromatic heterocycles. The summed E-state index contributed by atoms with van der Waals surface area (Å²) in [5, 5.41) is 8.39. The van der Waals surface area contributed by atoms with Crippen molar-refractivity contribution in [2.45, 2.75) is 31.5 Å². The van der Waals surface area contributed by atoms with Crippen LogP contribution in [0.4, 0.5) is 8.78 Å². The van der Waals surface area contributed by atoms with Crippen molar-refractivity contribution in [2.75, 3.05) is 13.6 Å². The Bertz CT molecular complexity index is 818. The molecule has 0 bridgehead atoms. The SMILES string of the molecule is CNCC[C@H](NC(=O)[C@@H](N)Cc1ccc(F)c(F)c1)C(=O)NCc1ccccc1. The summed E-state index contributed by atoms with van der Waals surface area (Å²) in [6.45, 7) is 0.856. The fraction of sp³-hybridized carbons (Fsp3) is 0.333. The Hall–Kier alpha value is -2.84. The molecule has 0 aliphatic heterocycles. The van der Waals surface area contributed by atoms with Crippen LogP contribution in [-0.2, 0) is 22.6 Å². The average molecular weight is 404 g/mol. The third-order valence-electron chi connectivity index (χ3n) is 4.40. The minimum absolute atomic E-state index is 0.0212. The summed E-state index contributed by atoms with van der Waals surface area (Å²) in [7, 11) is 1.75. The average Bonchev–Trinajstić information content (AvgIpc) is 2.72. The highest BCUT2D eigenvalue weighted by Crippen LogP contribution is 2.10. The first-order valence-corrected chi connectivity index (χ1v) is 9.36. The second-order valence-corrected chi connectivity index (χ2v) is 6.72. The van der Waals surface area contributed by atoms with Gasteiger partial charge in [-0.2, -0.15) is 0 Å². The van der Waals surface area contributed by atoms with E-state index in [0.29, 0.717) is 25.1 Å². The van der Waals surface area contributed by atoms with Gasteiger partial charge in [0.05, 0.1) is 6.04 Å². The number of carbonyl (C=O) groups is 2. The maximum absolute atomic E-state index is 13.3. The molecule has 2 atom stereocenters. The molecule has 0 fully saturated rings. The van der Waals surface area contributed by atoms with Crippen LogP contribution >= 0.6 is 0 Å². The molecule has 6 nitrogen and oxygen atoms in total. The van der Waals surface area contributed by atoms with Crippen LogP contribution in [0.25, 0.3) is 0 Å². The number of nitrogens with one attached hydrogen (secondary N) is 3. The quantitative estimate of drug-likeness (QED) is 0.479. The first-order valence-electron chi connectivity index (χ1n) is 9.36. The highest BCUT2D eigenvalue weighted by molar-refractivity contribution is 5.89. The molecule has 8 heteroatoms. The zero-order valence-corrected chi connectivity index (χ0v) is 16.3. The van der Waals surface area contributed by atoms with Crippen LogP contribution < -0.4 is 21.7 Å². The number of nitrogens with two attached hydrogens (primary N) is 1. The first-order chi connectivity index (χ1) is 13.9. The summed E-state index contributed by atoms with van der Waals surface area (Å²) < 4.78 is 26.4. The molecule has 2 aromatic rings. The lowest BCUT2D eigenvalue weighted by Gasteiger charge is -2.21. The van der Waals surface area contributed by atoms with E-state index in [1.54, 1.807) is 7.05 Å². The van der Waals surface area contributed by atoms with Crippen molar-refractivity contribution in [3.05, 3.63) is 71.3 Å². The minimum atomic E-state index is -1.00.